The highest BCUT2D eigenvalue weighted by Gasteiger charge is 2.41. The smallest absolute Gasteiger partial charge is 0.409 e. The zero-order valence-corrected chi connectivity index (χ0v) is 7.66. The summed E-state index contributed by atoms with van der Waals surface area (Å²) in [6, 6.07) is 0. The first kappa shape index (κ1) is 8.53. The minimum absolute atomic E-state index is 0.262. The van der Waals surface area contributed by atoms with Crippen molar-refractivity contribution in [2.24, 2.45) is 11.8 Å². The summed E-state index contributed by atoms with van der Waals surface area (Å²) < 4.78 is 4.63. The van der Waals surface area contributed by atoms with Crippen LogP contribution in [0.5, 0.6) is 0 Å². The van der Waals surface area contributed by atoms with Gasteiger partial charge in [-0.05, 0) is 11.8 Å². The maximum absolute atomic E-state index is 11.1. The zero-order valence-electron chi connectivity index (χ0n) is 7.66. The molecule has 2 rings (SSSR count). The maximum atomic E-state index is 11.1. The molecule has 0 bridgehead atoms. The number of hydrogen-bond donors (Lipinski definition) is 0. The summed E-state index contributed by atoms with van der Waals surface area (Å²) >= 11 is 0. The third kappa shape index (κ3) is 1.41. The second kappa shape index (κ2) is 3.01. The van der Waals surface area contributed by atoms with E-state index >= 15 is 0 Å². The van der Waals surface area contributed by atoms with Crippen LogP contribution in [0.15, 0.2) is 0 Å². The van der Waals surface area contributed by atoms with E-state index in [1.165, 1.54) is 7.11 Å². The SMILES string of the molecule is COC(=O)N1C[C@H]2CC(=O)C[C@H]2C1. The number of carbonyl (C=O) groups is 2. The van der Waals surface area contributed by atoms with Crippen LogP contribution in [0, 0.1) is 11.8 Å². The van der Waals surface area contributed by atoms with Crippen LogP contribution in [0.4, 0.5) is 4.79 Å². The van der Waals surface area contributed by atoms with E-state index < -0.39 is 0 Å². The van der Waals surface area contributed by atoms with Gasteiger partial charge in [0.15, 0.2) is 0 Å². The monoisotopic (exact) mass is 183 g/mol. The van der Waals surface area contributed by atoms with E-state index in [9.17, 15) is 9.59 Å². The van der Waals surface area contributed by atoms with Crippen LogP contribution in [0.3, 0.4) is 0 Å². The molecule has 0 aromatic heterocycles. The fourth-order valence-electron chi connectivity index (χ4n) is 2.35. The molecule has 4 nitrogen and oxygen atoms in total. The van der Waals surface area contributed by atoms with Gasteiger partial charge in [0.1, 0.15) is 5.78 Å². The molecule has 0 aromatic carbocycles. The second-order valence-electron chi connectivity index (χ2n) is 3.84. The summed E-state index contributed by atoms with van der Waals surface area (Å²) in [6.07, 6.45) is 1.04. The van der Waals surface area contributed by atoms with Gasteiger partial charge in [-0.3, -0.25) is 4.79 Å². The lowest BCUT2D eigenvalue weighted by atomic mass is 10.0. The minimum Gasteiger partial charge on any atom is -0.453 e. The number of Topliss-reactive ketones (excluding diaryl/α,β-unsaturated/α-hetero) is 1. The van der Waals surface area contributed by atoms with Gasteiger partial charge in [-0.15, -0.1) is 0 Å². The Balaban J connectivity index is 1.97. The molecule has 0 N–H and O–H groups in total. The van der Waals surface area contributed by atoms with Crippen LogP contribution in [0.2, 0.25) is 0 Å². The molecule has 1 aliphatic carbocycles. The number of ether oxygens (including phenoxy) is 1. The van der Waals surface area contributed by atoms with Crippen LogP contribution < -0.4 is 0 Å². The van der Waals surface area contributed by atoms with Gasteiger partial charge in [0.25, 0.3) is 0 Å². The summed E-state index contributed by atoms with van der Waals surface area (Å²) in [5, 5.41) is 0. The quantitative estimate of drug-likeness (QED) is 0.554. The summed E-state index contributed by atoms with van der Waals surface area (Å²) in [5.41, 5.74) is 0. The molecule has 1 saturated heterocycles. The molecular weight excluding hydrogens is 170 g/mol. The average Bonchev–Trinajstić information content (AvgIpc) is 2.59. The molecular formula is C9H13NO3. The van der Waals surface area contributed by atoms with E-state index in [0.29, 0.717) is 43.6 Å². The van der Waals surface area contributed by atoms with Crippen molar-refractivity contribution in [1.82, 2.24) is 4.90 Å². The first-order valence-corrected chi connectivity index (χ1v) is 4.55. The highest BCUT2D eigenvalue weighted by Crippen LogP contribution is 2.35. The summed E-state index contributed by atoms with van der Waals surface area (Å²) in [7, 11) is 1.39. The zero-order chi connectivity index (χ0) is 9.42. The van der Waals surface area contributed by atoms with Gasteiger partial charge >= 0.3 is 6.09 Å². The van der Waals surface area contributed by atoms with Crippen molar-refractivity contribution < 1.29 is 14.3 Å². The summed E-state index contributed by atoms with van der Waals surface area (Å²) in [5.74, 6) is 1.14. The minimum atomic E-state index is -0.262. The molecule has 1 aliphatic heterocycles. The van der Waals surface area contributed by atoms with E-state index in [2.05, 4.69) is 4.74 Å². The Morgan fingerprint density at radius 1 is 1.38 bits per heavy atom. The number of ketones is 1. The molecule has 1 saturated carbocycles. The van der Waals surface area contributed by atoms with Crippen LogP contribution in [0.25, 0.3) is 0 Å². The number of nitrogens with zero attached hydrogens (tertiary/aromatic N) is 1. The Bertz CT molecular complexity index is 235. The molecule has 1 amide bonds. The molecule has 0 unspecified atom stereocenters. The molecule has 2 fully saturated rings. The molecule has 2 atom stereocenters. The van der Waals surface area contributed by atoms with Gasteiger partial charge in [-0.1, -0.05) is 0 Å². The fraction of sp³-hybridized carbons (Fsp3) is 0.778. The number of rotatable bonds is 0. The van der Waals surface area contributed by atoms with Crippen LogP contribution in [-0.4, -0.2) is 37.0 Å². The summed E-state index contributed by atoms with van der Waals surface area (Å²) in [4.78, 5) is 23.9. The lowest BCUT2D eigenvalue weighted by molar-refractivity contribution is -0.118. The van der Waals surface area contributed by atoms with E-state index in [0.717, 1.165) is 0 Å². The molecule has 72 valence electrons. The Morgan fingerprint density at radius 2 is 1.92 bits per heavy atom. The molecule has 1 heterocycles. The fourth-order valence-corrected chi connectivity index (χ4v) is 2.35. The molecule has 0 radical (unpaired) electrons. The highest BCUT2D eigenvalue weighted by molar-refractivity contribution is 5.82. The number of carbonyl (C=O) groups excluding carboxylic acids is 2. The molecule has 0 spiro atoms. The third-order valence-corrected chi connectivity index (χ3v) is 2.99. The number of fused-ring (bicyclic) bond motifs is 1. The molecule has 2 aliphatic rings. The molecule has 0 aromatic rings. The van der Waals surface area contributed by atoms with Gasteiger partial charge < -0.3 is 9.64 Å². The van der Waals surface area contributed by atoms with Crippen molar-refractivity contribution in [3.05, 3.63) is 0 Å². The lowest BCUT2D eigenvalue weighted by Crippen LogP contribution is -2.29. The van der Waals surface area contributed by atoms with Gasteiger partial charge in [0, 0.05) is 25.9 Å². The largest absolute Gasteiger partial charge is 0.453 e. The normalized spacial score (nSPS) is 32.1. The van der Waals surface area contributed by atoms with Crippen LogP contribution >= 0.6 is 0 Å². The van der Waals surface area contributed by atoms with E-state index in [4.69, 9.17) is 0 Å². The van der Waals surface area contributed by atoms with Crippen molar-refractivity contribution in [3.63, 3.8) is 0 Å². The first-order chi connectivity index (χ1) is 6.20. The van der Waals surface area contributed by atoms with Crippen molar-refractivity contribution in [3.8, 4) is 0 Å². The van der Waals surface area contributed by atoms with Crippen molar-refractivity contribution in [2.45, 2.75) is 12.8 Å². The molecule has 13 heavy (non-hydrogen) atoms. The predicted molar refractivity (Wildman–Crippen MR) is 45.2 cm³/mol. The van der Waals surface area contributed by atoms with Crippen molar-refractivity contribution in [2.75, 3.05) is 20.2 Å². The number of likely N-dealkylation sites (tertiary alicyclic amines) is 1. The van der Waals surface area contributed by atoms with E-state index in [1.54, 1.807) is 4.90 Å². The molecule has 4 heteroatoms. The summed E-state index contributed by atoms with van der Waals surface area (Å²) in [6.45, 7) is 1.40. The van der Waals surface area contributed by atoms with Gasteiger partial charge in [-0.2, -0.15) is 0 Å². The third-order valence-electron chi connectivity index (χ3n) is 2.99. The Hall–Kier alpha value is -1.06. The standard InChI is InChI=1S/C9H13NO3/c1-13-9(12)10-4-6-2-8(11)3-7(6)5-10/h6-7H,2-5H2,1H3/t6-,7+. The van der Waals surface area contributed by atoms with Gasteiger partial charge in [0.05, 0.1) is 7.11 Å². The van der Waals surface area contributed by atoms with Crippen molar-refractivity contribution >= 4 is 11.9 Å². The van der Waals surface area contributed by atoms with Crippen molar-refractivity contribution in [1.29, 1.82) is 0 Å². The Kier molecular flexibility index (Phi) is 1.98. The Morgan fingerprint density at radius 3 is 2.38 bits per heavy atom. The van der Waals surface area contributed by atoms with E-state index in [1.807, 2.05) is 0 Å². The number of hydrogen-bond acceptors (Lipinski definition) is 3. The van der Waals surface area contributed by atoms with Crippen LogP contribution in [-0.2, 0) is 9.53 Å². The lowest BCUT2D eigenvalue weighted by Gasteiger charge is -2.14. The number of methoxy groups -OCH3 is 1. The van der Waals surface area contributed by atoms with Gasteiger partial charge in [0.2, 0.25) is 0 Å². The Labute approximate surface area is 76.8 Å². The predicted octanol–water partition coefficient (Wildman–Crippen LogP) is 0.664. The van der Waals surface area contributed by atoms with E-state index in [-0.39, 0.29) is 6.09 Å². The number of amides is 1. The second-order valence-corrected chi connectivity index (χ2v) is 3.84. The average molecular weight is 183 g/mol. The topological polar surface area (TPSA) is 46.6 Å². The van der Waals surface area contributed by atoms with Gasteiger partial charge in [-0.25, -0.2) is 4.79 Å². The highest BCUT2D eigenvalue weighted by atomic mass is 16.5. The van der Waals surface area contributed by atoms with Crippen LogP contribution in [0.1, 0.15) is 12.8 Å². The first-order valence-electron chi connectivity index (χ1n) is 4.55. The maximum Gasteiger partial charge on any atom is 0.409 e.